The molecule has 1 aliphatic rings. The Morgan fingerprint density at radius 3 is 2.85 bits per heavy atom. The lowest BCUT2D eigenvalue weighted by molar-refractivity contribution is 0.0951. The molecule has 5 heteroatoms. The number of rotatable bonds is 5. The maximum atomic E-state index is 12.4. The van der Waals surface area contributed by atoms with Crippen LogP contribution in [-0.4, -0.2) is 27.9 Å². The molecule has 0 aliphatic heterocycles. The van der Waals surface area contributed by atoms with E-state index in [4.69, 9.17) is 0 Å². The van der Waals surface area contributed by atoms with Gasteiger partial charge in [0.15, 0.2) is 0 Å². The van der Waals surface area contributed by atoms with Crippen molar-refractivity contribution in [2.45, 2.75) is 37.8 Å². The Balaban J connectivity index is 1.73. The van der Waals surface area contributed by atoms with Crippen LogP contribution < -0.4 is 5.32 Å². The fourth-order valence-electron chi connectivity index (χ4n) is 3.04. The van der Waals surface area contributed by atoms with Crippen molar-refractivity contribution in [1.82, 2.24) is 15.5 Å². The predicted molar refractivity (Wildman–Crippen MR) is 107 cm³/mol. The Morgan fingerprint density at radius 2 is 2.08 bits per heavy atom. The molecule has 4 nitrogen and oxygen atoms in total. The summed E-state index contributed by atoms with van der Waals surface area (Å²) in [4.78, 5) is 12.4. The van der Waals surface area contributed by atoms with Crippen molar-refractivity contribution in [2.24, 2.45) is 0 Å². The number of fused-ring (bicyclic) bond motifs is 1. The zero-order valence-corrected chi connectivity index (χ0v) is 15.8. The molecule has 0 saturated heterocycles. The van der Waals surface area contributed by atoms with Gasteiger partial charge in [-0.2, -0.15) is 5.10 Å². The van der Waals surface area contributed by atoms with Crippen molar-refractivity contribution in [3.63, 3.8) is 0 Å². The fourth-order valence-corrected chi connectivity index (χ4v) is 3.76. The van der Waals surface area contributed by atoms with Gasteiger partial charge in [-0.05, 0) is 60.4 Å². The average Bonchev–Trinajstić information content (AvgIpc) is 3.46. The molecule has 2 aromatic carbocycles. The molecule has 0 atom stereocenters. The molecule has 0 radical (unpaired) electrons. The first-order chi connectivity index (χ1) is 12.7. The number of carbonyl (C=O) groups excluding carboxylic acids is 1. The summed E-state index contributed by atoms with van der Waals surface area (Å²) in [5.74, 6) is 0.981. The molecule has 0 bridgehead atoms. The third-order valence-electron chi connectivity index (χ3n) is 4.63. The van der Waals surface area contributed by atoms with Crippen LogP contribution in [0.2, 0.25) is 0 Å². The molecule has 1 fully saturated rings. The zero-order valence-electron chi connectivity index (χ0n) is 15.0. The van der Waals surface area contributed by atoms with E-state index in [2.05, 4.69) is 47.6 Å². The van der Waals surface area contributed by atoms with Crippen LogP contribution in [0.15, 0.2) is 47.6 Å². The van der Waals surface area contributed by atoms with Crippen molar-refractivity contribution in [3.8, 4) is 11.1 Å². The summed E-state index contributed by atoms with van der Waals surface area (Å²) in [6, 6.07) is 12.6. The maximum absolute atomic E-state index is 12.4. The number of thioether (sulfide) groups is 1. The lowest BCUT2D eigenvalue weighted by Crippen LogP contribution is -2.25. The molecule has 1 aromatic heterocycles. The van der Waals surface area contributed by atoms with Crippen LogP contribution in [0.3, 0.4) is 0 Å². The van der Waals surface area contributed by atoms with Crippen LogP contribution >= 0.6 is 11.8 Å². The van der Waals surface area contributed by atoms with Crippen LogP contribution in [-0.2, 0) is 0 Å². The molecule has 4 rings (SSSR count). The van der Waals surface area contributed by atoms with Crippen LogP contribution in [0, 0.1) is 6.92 Å². The zero-order chi connectivity index (χ0) is 18.1. The molecular formula is C21H21N3OS. The summed E-state index contributed by atoms with van der Waals surface area (Å²) < 4.78 is 0. The van der Waals surface area contributed by atoms with E-state index < -0.39 is 0 Å². The van der Waals surface area contributed by atoms with Gasteiger partial charge < -0.3 is 5.32 Å². The number of carbonyl (C=O) groups is 1. The largest absolute Gasteiger partial charge is 0.349 e. The van der Waals surface area contributed by atoms with Gasteiger partial charge in [0.05, 0.1) is 6.20 Å². The Kier molecular flexibility index (Phi) is 4.64. The molecular weight excluding hydrogens is 342 g/mol. The number of aromatic nitrogens is 2. The van der Waals surface area contributed by atoms with Crippen LogP contribution in [0.25, 0.3) is 21.9 Å². The smallest absolute Gasteiger partial charge is 0.251 e. The molecule has 1 heterocycles. The molecule has 132 valence electrons. The highest BCUT2D eigenvalue weighted by Crippen LogP contribution is 2.31. The first-order valence-electron chi connectivity index (χ1n) is 8.96. The summed E-state index contributed by atoms with van der Waals surface area (Å²) in [5.41, 5.74) is 4.04. The van der Waals surface area contributed by atoms with E-state index in [1.807, 2.05) is 18.2 Å². The van der Waals surface area contributed by atoms with Gasteiger partial charge in [-0.15, -0.1) is 16.9 Å². The highest BCUT2D eigenvalue weighted by atomic mass is 32.2. The van der Waals surface area contributed by atoms with Gasteiger partial charge in [-0.3, -0.25) is 4.79 Å². The Morgan fingerprint density at radius 1 is 1.23 bits per heavy atom. The maximum Gasteiger partial charge on any atom is 0.251 e. The van der Waals surface area contributed by atoms with E-state index in [9.17, 15) is 4.79 Å². The van der Waals surface area contributed by atoms with E-state index in [0.29, 0.717) is 11.6 Å². The summed E-state index contributed by atoms with van der Waals surface area (Å²) >= 11 is 1.70. The molecule has 0 unspecified atom stereocenters. The summed E-state index contributed by atoms with van der Waals surface area (Å²) in [7, 11) is 0. The number of hydrogen-bond acceptors (Lipinski definition) is 4. The minimum absolute atomic E-state index is 0.0158. The second-order valence-corrected chi connectivity index (χ2v) is 7.91. The number of aryl methyl sites for hydroxylation is 1. The first-order valence-corrected chi connectivity index (χ1v) is 9.94. The lowest BCUT2D eigenvalue weighted by Gasteiger charge is -2.11. The molecule has 3 aromatic rings. The van der Waals surface area contributed by atoms with Gasteiger partial charge in [-0.1, -0.05) is 25.1 Å². The van der Waals surface area contributed by atoms with Gasteiger partial charge in [0.25, 0.3) is 5.91 Å². The Labute approximate surface area is 157 Å². The summed E-state index contributed by atoms with van der Waals surface area (Å²) in [6.07, 6.45) is 3.99. The average molecular weight is 363 g/mol. The SMILES string of the molecule is CCSc1nncc2cc(-c3cc(C(=O)NC4CC4)ccc3C)ccc12. The lowest BCUT2D eigenvalue weighted by atomic mass is 9.96. The molecule has 26 heavy (non-hydrogen) atoms. The standard InChI is InChI=1S/C21H21N3OS/c1-3-26-21-18-9-6-14(10-16(18)12-22-24-21)19-11-15(5-4-13(19)2)20(25)23-17-7-8-17/h4-6,9-12,17H,3,7-8H2,1-2H3,(H,23,25). The quantitative estimate of drug-likeness (QED) is 0.673. The Bertz CT molecular complexity index is 982. The highest BCUT2D eigenvalue weighted by Gasteiger charge is 2.24. The molecule has 1 aliphatic carbocycles. The summed E-state index contributed by atoms with van der Waals surface area (Å²) in [6.45, 7) is 4.19. The van der Waals surface area contributed by atoms with Crippen LogP contribution in [0.5, 0.6) is 0 Å². The van der Waals surface area contributed by atoms with E-state index in [1.54, 1.807) is 18.0 Å². The predicted octanol–water partition coefficient (Wildman–Crippen LogP) is 4.61. The van der Waals surface area contributed by atoms with E-state index in [1.165, 1.54) is 0 Å². The number of benzene rings is 2. The molecule has 1 N–H and O–H groups in total. The minimum atomic E-state index is 0.0158. The van der Waals surface area contributed by atoms with Crippen LogP contribution in [0.1, 0.15) is 35.7 Å². The Hall–Kier alpha value is -2.40. The van der Waals surface area contributed by atoms with Crippen molar-refractivity contribution in [1.29, 1.82) is 0 Å². The van der Waals surface area contributed by atoms with E-state index >= 15 is 0 Å². The monoisotopic (exact) mass is 363 g/mol. The number of amides is 1. The normalized spacial score (nSPS) is 13.8. The number of nitrogens with zero attached hydrogens (tertiary/aromatic N) is 2. The van der Waals surface area contributed by atoms with Gasteiger partial charge in [0.2, 0.25) is 0 Å². The number of hydrogen-bond donors (Lipinski definition) is 1. The molecule has 1 saturated carbocycles. The molecule has 0 spiro atoms. The second-order valence-electron chi connectivity index (χ2n) is 6.66. The van der Waals surface area contributed by atoms with Crippen molar-refractivity contribution in [3.05, 3.63) is 53.7 Å². The van der Waals surface area contributed by atoms with Gasteiger partial charge in [-0.25, -0.2) is 0 Å². The first kappa shape index (κ1) is 17.0. The third kappa shape index (κ3) is 3.44. The van der Waals surface area contributed by atoms with Crippen molar-refractivity contribution in [2.75, 3.05) is 5.75 Å². The van der Waals surface area contributed by atoms with Gasteiger partial charge in [0, 0.05) is 22.4 Å². The third-order valence-corrected chi connectivity index (χ3v) is 5.50. The second kappa shape index (κ2) is 7.08. The fraction of sp³-hybridized carbons (Fsp3) is 0.286. The minimum Gasteiger partial charge on any atom is -0.349 e. The molecule has 1 amide bonds. The van der Waals surface area contributed by atoms with E-state index in [0.717, 1.165) is 51.1 Å². The van der Waals surface area contributed by atoms with Crippen molar-refractivity contribution < 1.29 is 4.79 Å². The van der Waals surface area contributed by atoms with Crippen molar-refractivity contribution >= 4 is 28.4 Å². The summed E-state index contributed by atoms with van der Waals surface area (Å²) in [5, 5.41) is 14.6. The van der Waals surface area contributed by atoms with Gasteiger partial charge in [0.1, 0.15) is 5.03 Å². The topological polar surface area (TPSA) is 54.9 Å². The highest BCUT2D eigenvalue weighted by molar-refractivity contribution is 7.99. The van der Waals surface area contributed by atoms with Gasteiger partial charge >= 0.3 is 0 Å². The van der Waals surface area contributed by atoms with Crippen LogP contribution in [0.4, 0.5) is 0 Å². The van der Waals surface area contributed by atoms with E-state index in [-0.39, 0.29) is 5.91 Å². The number of nitrogens with one attached hydrogen (secondary N) is 1.